The predicted molar refractivity (Wildman–Crippen MR) is 130 cm³/mol. The van der Waals surface area contributed by atoms with Crippen LogP contribution in [0.1, 0.15) is 69.8 Å². The maximum atomic E-state index is 11.4. The molecule has 1 saturated carbocycles. The van der Waals surface area contributed by atoms with E-state index in [0.717, 1.165) is 76.4 Å². The van der Waals surface area contributed by atoms with Crippen molar-refractivity contribution in [2.45, 2.75) is 95.1 Å². The molecule has 6 heteroatoms. The Morgan fingerprint density at radius 3 is 2.41 bits per heavy atom. The van der Waals surface area contributed by atoms with Gasteiger partial charge in [0, 0.05) is 26.1 Å². The first-order valence-corrected chi connectivity index (χ1v) is 13.1. The molecule has 34 heavy (non-hydrogen) atoms. The Hall–Kier alpha value is -1.57. The van der Waals surface area contributed by atoms with Gasteiger partial charge in [-0.05, 0) is 68.8 Å². The van der Waals surface area contributed by atoms with Crippen molar-refractivity contribution in [1.82, 2.24) is 0 Å². The van der Waals surface area contributed by atoms with Gasteiger partial charge in [0.25, 0.3) is 0 Å². The summed E-state index contributed by atoms with van der Waals surface area (Å²) in [6, 6.07) is 10.2. The summed E-state index contributed by atoms with van der Waals surface area (Å²) in [6.07, 6.45) is 12.7. The lowest BCUT2D eigenvalue weighted by Crippen LogP contribution is -2.32. The first-order valence-electron chi connectivity index (χ1n) is 13.1. The third kappa shape index (κ3) is 7.46. The van der Waals surface area contributed by atoms with Gasteiger partial charge >= 0.3 is 0 Å². The van der Waals surface area contributed by atoms with E-state index in [0.29, 0.717) is 12.8 Å². The lowest BCUT2D eigenvalue weighted by molar-refractivity contribution is -0.198. The summed E-state index contributed by atoms with van der Waals surface area (Å²) in [5.41, 5.74) is 1.13. The van der Waals surface area contributed by atoms with Crippen LogP contribution in [0.4, 0.5) is 0 Å². The molecule has 0 spiro atoms. The lowest BCUT2D eigenvalue weighted by atomic mass is 9.86. The standard InChI is InChI=1S/C28H40O6/c29-17-16-23-24(26(20-25(23)30)34-28-11-5-7-19-32-28)15-14-22(33-27-10-4-6-18-31-27)13-12-21-8-2-1-3-9-21/h1-3,8-9,12-13,17,22-28,30H,4-7,10-11,14-16,18-20H2/b13-12-/t22?,23-,24-,25+,26-,27?,28?/m1/s1. The number of benzene rings is 1. The average molecular weight is 473 g/mol. The minimum absolute atomic E-state index is 0.0872. The summed E-state index contributed by atoms with van der Waals surface area (Å²) in [6.45, 7) is 1.47. The summed E-state index contributed by atoms with van der Waals surface area (Å²) in [7, 11) is 0. The Labute approximate surface area is 203 Å². The molecule has 4 rings (SSSR count). The first kappa shape index (κ1) is 25.5. The molecular formula is C28H40O6. The van der Waals surface area contributed by atoms with Crippen LogP contribution in [0.25, 0.3) is 6.08 Å². The molecule has 3 aliphatic rings. The highest BCUT2D eigenvalue weighted by Crippen LogP contribution is 2.41. The summed E-state index contributed by atoms with van der Waals surface area (Å²) in [4.78, 5) is 11.4. The zero-order chi connectivity index (χ0) is 23.6. The molecule has 0 radical (unpaired) electrons. The summed E-state index contributed by atoms with van der Waals surface area (Å²) in [5.74, 6) is 0.00463. The normalized spacial score (nSPS) is 33.2. The van der Waals surface area contributed by atoms with E-state index in [2.05, 4.69) is 24.3 Å². The molecule has 2 heterocycles. The number of hydrogen-bond acceptors (Lipinski definition) is 6. The minimum Gasteiger partial charge on any atom is -0.393 e. The van der Waals surface area contributed by atoms with E-state index in [-0.39, 0.29) is 36.6 Å². The van der Waals surface area contributed by atoms with Gasteiger partial charge in [0.15, 0.2) is 12.6 Å². The maximum Gasteiger partial charge on any atom is 0.158 e. The quantitative estimate of drug-likeness (QED) is 0.462. The van der Waals surface area contributed by atoms with Crippen LogP contribution in [-0.2, 0) is 23.7 Å². The Bertz CT molecular complexity index is 741. The number of rotatable bonds is 11. The van der Waals surface area contributed by atoms with Crippen molar-refractivity contribution in [1.29, 1.82) is 0 Å². The molecule has 0 amide bonds. The van der Waals surface area contributed by atoms with Crippen LogP contribution >= 0.6 is 0 Å². The number of aliphatic hydroxyl groups excluding tert-OH is 1. The van der Waals surface area contributed by atoms with Crippen LogP contribution in [0.3, 0.4) is 0 Å². The minimum atomic E-state index is -0.523. The molecule has 1 N–H and O–H groups in total. The smallest absolute Gasteiger partial charge is 0.158 e. The van der Waals surface area contributed by atoms with E-state index in [4.69, 9.17) is 18.9 Å². The van der Waals surface area contributed by atoms with Gasteiger partial charge in [-0.15, -0.1) is 0 Å². The molecule has 1 aromatic carbocycles. The largest absolute Gasteiger partial charge is 0.393 e. The van der Waals surface area contributed by atoms with Crippen molar-refractivity contribution in [3.63, 3.8) is 0 Å². The van der Waals surface area contributed by atoms with Crippen LogP contribution in [-0.4, -0.2) is 55.5 Å². The topological polar surface area (TPSA) is 74.2 Å². The Balaban J connectivity index is 1.42. The Kier molecular flexibility index (Phi) is 10.1. The van der Waals surface area contributed by atoms with Crippen molar-refractivity contribution in [2.75, 3.05) is 13.2 Å². The molecule has 3 unspecified atom stereocenters. The average Bonchev–Trinajstić information content (AvgIpc) is 3.16. The van der Waals surface area contributed by atoms with E-state index in [1.165, 1.54) is 0 Å². The summed E-state index contributed by atoms with van der Waals surface area (Å²) >= 11 is 0. The van der Waals surface area contributed by atoms with Crippen LogP contribution in [0, 0.1) is 11.8 Å². The van der Waals surface area contributed by atoms with Crippen LogP contribution in [0.15, 0.2) is 36.4 Å². The van der Waals surface area contributed by atoms with Gasteiger partial charge in [0.1, 0.15) is 6.29 Å². The van der Waals surface area contributed by atoms with Crippen LogP contribution in [0.2, 0.25) is 0 Å². The molecule has 1 aliphatic carbocycles. The third-order valence-corrected chi connectivity index (χ3v) is 7.38. The second-order valence-electron chi connectivity index (χ2n) is 9.82. The molecule has 0 aromatic heterocycles. The van der Waals surface area contributed by atoms with Gasteiger partial charge in [-0.1, -0.05) is 42.5 Å². The highest BCUT2D eigenvalue weighted by Gasteiger charge is 2.44. The molecule has 3 fully saturated rings. The zero-order valence-electron chi connectivity index (χ0n) is 20.1. The van der Waals surface area contributed by atoms with Gasteiger partial charge in [0.2, 0.25) is 0 Å². The van der Waals surface area contributed by atoms with Crippen LogP contribution < -0.4 is 0 Å². The van der Waals surface area contributed by atoms with Crippen molar-refractivity contribution in [2.24, 2.45) is 11.8 Å². The molecule has 0 bridgehead atoms. The van der Waals surface area contributed by atoms with Gasteiger partial charge in [-0.3, -0.25) is 0 Å². The number of carbonyl (C=O) groups excluding carboxylic acids is 1. The summed E-state index contributed by atoms with van der Waals surface area (Å²) in [5, 5.41) is 10.7. The van der Waals surface area contributed by atoms with E-state index in [1.54, 1.807) is 0 Å². The Morgan fingerprint density at radius 2 is 1.74 bits per heavy atom. The number of aliphatic hydroxyl groups is 1. The first-order chi connectivity index (χ1) is 16.7. The fourth-order valence-corrected chi connectivity index (χ4v) is 5.52. The van der Waals surface area contributed by atoms with Gasteiger partial charge < -0.3 is 28.8 Å². The molecule has 2 aliphatic heterocycles. The number of aldehydes is 1. The second kappa shape index (κ2) is 13.5. The lowest BCUT2D eigenvalue weighted by Gasteiger charge is -2.31. The third-order valence-electron chi connectivity index (χ3n) is 7.38. The number of carbonyl (C=O) groups is 1. The van der Waals surface area contributed by atoms with Crippen molar-refractivity contribution >= 4 is 12.4 Å². The zero-order valence-corrected chi connectivity index (χ0v) is 20.1. The monoisotopic (exact) mass is 472 g/mol. The molecule has 6 nitrogen and oxygen atoms in total. The molecule has 188 valence electrons. The second-order valence-corrected chi connectivity index (χ2v) is 9.82. The van der Waals surface area contributed by atoms with Gasteiger partial charge in [0.05, 0.1) is 18.3 Å². The van der Waals surface area contributed by atoms with Gasteiger partial charge in [-0.2, -0.15) is 0 Å². The van der Waals surface area contributed by atoms with E-state index >= 15 is 0 Å². The van der Waals surface area contributed by atoms with E-state index < -0.39 is 6.10 Å². The fourth-order valence-electron chi connectivity index (χ4n) is 5.52. The fraction of sp³-hybridized carbons (Fsp3) is 0.679. The highest BCUT2D eigenvalue weighted by molar-refractivity contribution is 5.50. The maximum absolute atomic E-state index is 11.4. The summed E-state index contributed by atoms with van der Waals surface area (Å²) < 4.78 is 24.4. The Morgan fingerprint density at radius 1 is 1.00 bits per heavy atom. The van der Waals surface area contributed by atoms with E-state index in [9.17, 15) is 9.90 Å². The highest BCUT2D eigenvalue weighted by atomic mass is 16.7. The van der Waals surface area contributed by atoms with Crippen LogP contribution in [0.5, 0.6) is 0 Å². The SMILES string of the molecule is O=CC[C@@H]1[C@@H](CCC(/C=C\c2ccccc2)OC2CCCCO2)[C@H](OC2CCCCO2)C[C@@H]1O. The molecular weight excluding hydrogens is 432 g/mol. The van der Waals surface area contributed by atoms with E-state index in [1.807, 2.05) is 18.2 Å². The van der Waals surface area contributed by atoms with Gasteiger partial charge in [-0.25, -0.2) is 0 Å². The molecule has 7 atom stereocenters. The predicted octanol–water partition coefficient (Wildman–Crippen LogP) is 4.89. The van der Waals surface area contributed by atoms with Crippen molar-refractivity contribution < 1.29 is 28.8 Å². The number of ether oxygens (including phenoxy) is 4. The van der Waals surface area contributed by atoms with Crippen molar-refractivity contribution in [3.8, 4) is 0 Å². The molecule has 1 aromatic rings. The van der Waals surface area contributed by atoms with Crippen molar-refractivity contribution in [3.05, 3.63) is 42.0 Å². The number of hydrogen-bond donors (Lipinski definition) is 1. The molecule has 2 saturated heterocycles.